The van der Waals surface area contributed by atoms with E-state index in [9.17, 15) is 13.2 Å². The number of para-hydroxylation sites is 1. The van der Waals surface area contributed by atoms with E-state index in [0.29, 0.717) is 25.9 Å². The fourth-order valence-electron chi connectivity index (χ4n) is 2.14. The average molecular weight is 297 g/mol. The molecule has 0 fully saturated rings. The second-order valence-electron chi connectivity index (χ2n) is 4.87. The highest BCUT2D eigenvalue weighted by Gasteiger charge is 2.25. The molecule has 1 heterocycles. The van der Waals surface area contributed by atoms with Gasteiger partial charge in [0.25, 0.3) is 0 Å². The SMILES string of the molecule is CS(=O)(=O)NCCCNC(=O)[C@@H]1Cc2ccccc2N1. The molecule has 1 aromatic rings. The summed E-state index contributed by atoms with van der Waals surface area (Å²) in [5, 5.41) is 5.99. The van der Waals surface area contributed by atoms with Gasteiger partial charge in [0.1, 0.15) is 6.04 Å². The Morgan fingerprint density at radius 1 is 1.35 bits per heavy atom. The first kappa shape index (κ1) is 14.8. The van der Waals surface area contributed by atoms with Crippen LogP contribution in [0.25, 0.3) is 0 Å². The van der Waals surface area contributed by atoms with Crippen LogP contribution >= 0.6 is 0 Å². The Kier molecular flexibility index (Phi) is 4.61. The van der Waals surface area contributed by atoms with Gasteiger partial charge in [-0.15, -0.1) is 0 Å². The maximum absolute atomic E-state index is 12.0. The van der Waals surface area contributed by atoms with Gasteiger partial charge in [-0.25, -0.2) is 13.1 Å². The van der Waals surface area contributed by atoms with E-state index >= 15 is 0 Å². The van der Waals surface area contributed by atoms with Crippen LogP contribution in [0.1, 0.15) is 12.0 Å². The van der Waals surface area contributed by atoms with Gasteiger partial charge < -0.3 is 10.6 Å². The first-order valence-electron chi connectivity index (χ1n) is 6.52. The molecule has 0 spiro atoms. The molecule has 110 valence electrons. The molecule has 7 heteroatoms. The van der Waals surface area contributed by atoms with Crippen molar-refractivity contribution in [2.45, 2.75) is 18.9 Å². The molecule has 1 atom stereocenters. The summed E-state index contributed by atoms with van der Waals surface area (Å²) in [6.07, 6.45) is 2.37. The van der Waals surface area contributed by atoms with E-state index in [0.717, 1.165) is 17.5 Å². The molecule has 0 bridgehead atoms. The molecule has 0 aliphatic carbocycles. The third-order valence-corrected chi connectivity index (χ3v) is 3.83. The lowest BCUT2D eigenvalue weighted by Crippen LogP contribution is -2.39. The number of fused-ring (bicyclic) bond motifs is 1. The van der Waals surface area contributed by atoms with Crippen LogP contribution in [0.2, 0.25) is 0 Å². The van der Waals surface area contributed by atoms with Gasteiger partial charge in [0.05, 0.1) is 6.26 Å². The molecule has 0 saturated heterocycles. The predicted molar refractivity (Wildman–Crippen MR) is 78.0 cm³/mol. The topological polar surface area (TPSA) is 87.3 Å². The van der Waals surface area contributed by atoms with Crippen LogP contribution < -0.4 is 15.4 Å². The maximum Gasteiger partial charge on any atom is 0.242 e. The summed E-state index contributed by atoms with van der Waals surface area (Å²) in [5.74, 6) is -0.0550. The zero-order valence-corrected chi connectivity index (χ0v) is 12.2. The van der Waals surface area contributed by atoms with Crippen molar-refractivity contribution >= 4 is 21.6 Å². The van der Waals surface area contributed by atoms with Crippen LogP contribution in [-0.2, 0) is 21.2 Å². The highest BCUT2D eigenvalue weighted by molar-refractivity contribution is 7.88. The molecular formula is C13H19N3O3S. The summed E-state index contributed by atoms with van der Waals surface area (Å²) in [4.78, 5) is 12.0. The summed E-state index contributed by atoms with van der Waals surface area (Å²) in [6, 6.07) is 7.61. The number of amides is 1. The number of carbonyl (C=O) groups is 1. The highest BCUT2D eigenvalue weighted by atomic mass is 32.2. The quantitative estimate of drug-likeness (QED) is 0.649. The molecule has 0 unspecified atom stereocenters. The summed E-state index contributed by atoms with van der Waals surface area (Å²) >= 11 is 0. The number of sulfonamides is 1. The zero-order valence-electron chi connectivity index (χ0n) is 11.3. The lowest BCUT2D eigenvalue weighted by molar-refractivity contribution is -0.121. The third-order valence-electron chi connectivity index (χ3n) is 3.10. The van der Waals surface area contributed by atoms with E-state index in [2.05, 4.69) is 15.4 Å². The standard InChI is InChI=1S/C13H19N3O3S/c1-20(18,19)15-8-4-7-14-13(17)12-9-10-5-2-3-6-11(10)16-12/h2-3,5-6,12,15-16H,4,7-9H2,1H3,(H,14,17)/t12-/m0/s1. The minimum absolute atomic E-state index is 0.0550. The lowest BCUT2D eigenvalue weighted by Gasteiger charge is -2.11. The van der Waals surface area contributed by atoms with Crippen molar-refractivity contribution in [1.82, 2.24) is 10.0 Å². The van der Waals surface area contributed by atoms with Crippen LogP contribution in [0.15, 0.2) is 24.3 Å². The number of hydrogen-bond acceptors (Lipinski definition) is 4. The van der Waals surface area contributed by atoms with E-state index in [-0.39, 0.29) is 11.9 Å². The number of benzene rings is 1. The minimum atomic E-state index is -3.15. The Bertz CT molecular complexity index is 561. The molecule has 1 aromatic carbocycles. The lowest BCUT2D eigenvalue weighted by atomic mass is 10.1. The van der Waals surface area contributed by atoms with Crippen molar-refractivity contribution in [2.24, 2.45) is 0 Å². The van der Waals surface area contributed by atoms with Gasteiger partial charge in [-0.3, -0.25) is 4.79 Å². The predicted octanol–water partition coefficient (Wildman–Crippen LogP) is 0.0787. The Balaban J connectivity index is 1.70. The minimum Gasteiger partial charge on any atom is -0.373 e. The van der Waals surface area contributed by atoms with Crippen molar-refractivity contribution in [3.8, 4) is 0 Å². The smallest absolute Gasteiger partial charge is 0.242 e. The van der Waals surface area contributed by atoms with E-state index in [1.54, 1.807) is 0 Å². The Labute approximate surface area is 119 Å². The van der Waals surface area contributed by atoms with Gasteiger partial charge in [0.15, 0.2) is 0 Å². The molecule has 3 N–H and O–H groups in total. The summed E-state index contributed by atoms with van der Waals surface area (Å²) in [7, 11) is -3.15. The normalized spacial score (nSPS) is 17.4. The summed E-state index contributed by atoms with van der Waals surface area (Å²) < 4.78 is 24.1. The zero-order chi connectivity index (χ0) is 14.6. The van der Waals surface area contributed by atoms with E-state index < -0.39 is 10.0 Å². The second-order valence-corrected chi connectivity index (χ2v) is 6.70. The molecule has 0 saturated carbocycles. The molecule has 0 aromatic heterocycles. The summed E-state index contributed by atoms with van der Waals surface area (Å²) in [6.45, 7) is 0.785. The Morgan fingerprint density at radius 3 is 2.80 bits per heavy atom. The summed E-state index contributed by atoms with van der Waals surface area (Å²) in [5.41, 5.74) is 2.15. The number of rotatable bonds is 6. The maximum atomic E-state index is 12.0. The van der Waals surface area contributed by atoms with Crippen LogP contribution in [-0.4, -0.2) is 39.7 Å². The number of anilines is 1. The molecule has 1 aliphatic heterocycles. The van der Waals surface area contributed by atoms with Crippen molar-refractivity contribution in [3.63, 3.8) is 0 Å². The Hall–Kier alpha value is -1.60. The van der Waals surface area contributed by atoms with Gasteiger partial charge in [0.2, 0.25) is 15.9 Å². The molecule has 1 aliphatic rings. The van der Waals surface area contributed by atoms with E-state index in [4.69, 9.17) is 0 Å². The van der Waals surface area contributed by atoms with Crippen molar-refractivity contribution < 1.29 is 13.2 Å². The molecule has 1 amide bonds. The fourth-order valence-corrected chi connectivity index (χ4v) is 2.65. The van der Waals surface area contributed by atoms with Crippen molar-refractivity contribution in [1.29, 1.82) is 0 Å². The highest BCUT2D eigenvalue weighted by Crippen LogP contribution is 2.24. The third kappa shape index (κ3) is 4.21. The van der Waals surface area contributed by atoms with Crippen molar-refractivity contribution in [2.75, 3.05) is 24.7 Å². The van der Waals surface area contributed by atoms with E-state index in [1.807, 2.05) is 24.3 Å². The van der Waals surface area contributed by atoms with E-state index in [1.165, 1.54) is 0 Å². The molecule has 0 radical (unpaired) electrons. The van der Waals surface area contributed by atoms with Crippen molar-refractivity contribution in [3.05, 3.63) is 29.8 Å². The molecule has 6 nitrogen and oxygen atoms in total. The van der Waals surface area contributed by atoms with Gasteiger partial charge in [-0.1, -0.05) is 18.2 Å². The first-order chi connectivity index (χ1) is 9.46. The van der Waals surface area contributed by atoms with Gasteiger partial charge >= 0.3 is 0 Å². The number of carbonyl (C=O) groups excluding carboxylic acids is 1. The van der Waals surface area contributed by atoms with Crippen LogP contribution in [0, 0.1) is 0 Å². The van der Waals surface area contributed by atoms with Gasteiger partial charge in [-0.05, 0) is 18.1 Å². The molecule has 20 heavy (non-hydrogen) atoms. The molecular weight excluding hydrogens is 278 g/mol. The monoisotopic (exact) mass is 297 g/mol. The fraction of sp³-hybridized carbons (Fsp3) is 0.462. The van der Waals surface area contributed by atoms with Crippen LogP contribution in [0.5, 0.6) is 0 Å². The van der Waals surface area contributed by atoms with Gasteiger partial charge in [0, 0.05) is 25.2 Å². The number of nitrogens with one attached hydrogen (secondary N) is 3. The average Bonchev–Trinajstić information content (AvgIpc) is 2.80. The second kappa shape index (κ2) is 6.23. The largest absolute Gasteiger partial charge is 0.373 e. The van der Waals surface area contributed by atoms with Crippen LogP contribution in [0.3, 0.4) is 0 Å². The van der Waals surface area contributed by atoms with Crippen LogP contribution in [0.4, 0.5) is 5.69 Å². The first-order valence-corrected chi connectivity index (χ1v) is 8.41. The Morgan fingerprint density at radius 2 is 2.10 bits per heavy atom. The number of hydrogen-bond donors (Lipinski definition) is 3. The van der Waals surface area contributed by atoms with Gasteiger partial charge in [-0.2, -0.15) is 0 Å². The molecule has 2 rings (SSSR count).